The van der Waals surface area contributed by atoms with Crippen LogP contribution in [0.5, 0.6) is 0 Å². The van der Waals surface area contributed by atoms with Crippen LogP contribution in [0.15, 0.2) is 11.1 Å². The average Bonchev–Trinajstić information content (AvgIpc) is 2.41. The first-order valence-electron chi connectivity index (χ1n) is 4.52. The monoisotopic (exact) mass is 150 g/mol. The van der Waals surface area contributed by atoms with Gasteiger partial charge in [-0.3, -0.25) is 4.79 Å². The number of fused-ring (bicyclic) bond motifs is 1. The molecule has 0 spiro atoms. The van der Waals surface area contributed by atoms with Crippen LogP contribution < -0.4 is 0 Å². The molecule has 0 aliphatic heterocycles. The van der Waals surface area contributed by atoms with Gasteiger partial charge in [-0.2, -0.15) is 0 Å². The normalized spacial score (nSPS) is 29.4. The van der Waals surface area contributed by atoms with E-state index in [2.05, 4.69) is 0 Å². The van der Waals surface area contributed by atoms with Gasteiger partial charge in [0, 0.05) is 0 Å². The summed E-state index contributed by atoms with van der Waals surface area (Å²) >= 11 is 0. The molecule has 2 aliphatic carbocycles. The summed E-state index contributed by atoms with van der Waals surface area (Å²) < 4.78 is 0. The highest BCUT2D eigenvalue weighted by Crippen LogP contribution is 2.43. The van der Waals surface area contributed by atoms with Crippen molar-refractivity contribution in [3.63, 3.8) is 0 Å². The fourth-order valence-electron chi connectivity index (χ4n) is 2.51. The second-order valence-electron chi connectivity index (χ2n) is 3.69. The van der Waals surface area contributed by atoms with Crippen molar-refractivity contribution in [1.29, 1.82) is 0 Å². The molecule has 1 atom stereocenters. The first kappa shape index (κ1) is 7.08. The summed E-state index contributed by atoms with van der Waals surface area (Å²) in [7, 11) is 0. The van der Waals surface area contributed by atoms with Crippen LogP contribution in [-0.4, -0.2) is 5.78 Å². The smallest absolute Gasteiger partial charge is 0.155 e. The van der Waals surface area contributed by atoms with E-state index in [0.29, 0.717) is 5.78 Å². The van der Waals surface area contributed by atoms with Gasteiger partial charge in [0.05, 0.1) is 0 Å². The third-order valence-corrected chi connectivity index (χ3v) is 3.05. The third-order valence-electron chi connectivity index (χ3n) is 3.05. The lowest BCUT2D eigenvalue weighted by Crippen LogP contribution is -1.95. The van der Waals surface area contributed by atoms with Gasteiger partial charge in [0.15, 0.2) is 5.78 Å². The van der Waals surface area contributed by atoms with Crippen molar-refractivity contribution in [2.75, 3.05) is 0 Å². The molecule has 0 amide bonds. The molecule has 0 radical (unpaired) electrons. The highest BCUT2D eigenvalue weighted by Gasteiger charge is 2.30. The lowest BCUT2D eigenvalue weighted by Gasteiger charge is -2.00. The molecule has 1 fully saturated rings. The number of hydrogen-bond donors (Lipinski definition) is 0. The van der Waals surface area contributed by atoms with Crippen molar-refractivity contribution in [3.8, 4) is 0 Å². The fraction of sp³-hybridized carbons (Fsp3) is 0.700. The van der Waals surface area contributed by atoms with E-state index < -0.39 is 0 Å². The Bertz CT molecular complexity index is 225. The zero-order valence-corrected chi connectivity index (χ0v) is 7.02. The third kappa shape index (κ3) is 1.03. The molecule has 0 heterocycles. The maximum atomic E-state index is 11.1. The van der Waals surface area contributed by atoms with E-state index in [9.17, 15) is 4.79 Å². The van der Waals surface area contributed by atoms with Crippen LogP contribution in [0.1, 0.15) is 39.0 Å². The molecule has 0 aromatic heterocycles. The summed E-state index contributed by atoms with van der Waals surface area (Å²) in [5.41, 5.74) is 2.69. The van der Waals surface area contributed by atoms with E-state index in [4.69, 9.17) is 0 Å². The molecule has 0 saturated heterocycles. The molecule has 1 nitrogen and oxygen atoms in total. The van der Waals surface area contributed by atoms with E-state index >= 15 is 0 Å². The van der Waals surface area contributed by atoms with Gasteiger partial charge < -0.3 is 0 Å². The number of ketones is 1. The van der Waals surface area contributed by atoms with Crippen LogP contribution in [0.3, 0.4) is 0 Å². The molecular formula is C10H14O. The predicted molar refractivity (Wildman–Crippen MR) is 44.3 cm³/mol. The maximum Gasteiger partial charge on any atom is 0.155 e. The molecule has 2 rings (SSSR count). The topological polar surface area (TPSA) is 17.1 Å². The van der Waals surface area contributed by atoms with Crippen LogP contribution in [0.25, 0.3) is 0 Å². The van der Waals surface area contributed by atoms with Crippen molar-refractivity contribution in [3.05, 3.63) is 11.1 Å². The van der Waals surface area contributed by atoms with Crippen molar-refractivity contribution in [2.45, 2.75) is 39.0 Å². The Hall–Kier alpha value is -0.590. The predicted octanol–water partition coefficient (Wildman–Crippen LogP) is 2.47. The Morgan fingerprint density at radius 3 is 2.91 bits per heavy atom. The number of carbonyl (C=O) groups is 1. The van der Waals surface area contributed by atoms with Gasteiger partial charge in [0.1, 0.15) is 0 Å². The van der Waals surface area contributed by atoms with Gasteiger partial charge in [-0.25, -0.2) is 0 Å². The molecule has 60 valence electrons. The standard InChI is InChI=1S/C10H14O/c1-7(11)9-6-5-8-3-2-4-10(8)9/h8H,2-6H2,1H3. The quantitative estimate of drug-likeness (QED) is 0.561. The molecule has 0 aromatic carbocycles. The molecular weight excluding hydrogens is 136 g/mol. The molecule has 2 aliphatic rings. The number of rotatable bonds is 1. The first-order chi connectivity index (χ1) is 5.29. The lowest BCUT2D eigenvalue weighted by molar-refractivity contribution is -0.113. The number of allylic oxidation sites excluding steroid dienone is 2. The van der Waals surface area contributed by atoms with Crippen LogP contribution in [0.2, 0.25) is 0 Å². The highest BCUT2D eigenvalue weighted by atomic mass is 16.1. The summed E-state index contributed by atoms with van der Waals surface area (Å²) in [5, 5.41) is 0. The van der Waals surface area contributed by atoms with Crippen molar-refractivity contribution < 1.29 is 4.79 Å². The molecule has 11 heavy (non-hydrogen) atoms. The van der Waals surface area contributed by atoms with Crippen molar-refractivity contribution >= 4 is 5.78 Å². The first-order valence-corrected chi connectivity index (χ1v) is 4.52. The Labute approximate surface area is 67.5 Å². The van der Waals surface area contributed by atoms with E-state index in [0.717, 1.165) is 12.3 Å². The van der Waals surface area contributed by atoms with E-state index in [1.165, 1.54) is 36.8 Å². The second kappa shape index (κ2) is 2.47. The highest BCUT2D eigenvalue weighted by molar-refractivity contribution is 5.94. The Morgan fingerprint density at radius 1 is 1.36 bits per heavy atom. The molecule has 0 aromatic rings. The SMILES string of the molecule is CC(=O)C1=C2CCCC2CC1. The minimum atomic E-state index is 0.324. The van der Waals surface area contributed by atoms with Crippen LogP contribution >= 0.6 is 0 Å². The fourth-order valence-corrected chi connectivity index (χ4v) is 2.51. The van der Waals surface area contributed by atoms with Gasteiger partial charge in [-0.15, -0.1) is 0 Å². The summed E-state index contributed by atoms with van der Waals surface area (Å²) in [5.74, 6) is 1.12. The number of carbonyl (C=O) groups excluding carboxylic acids is 1. The average molecular weight is 150 g/mol. The van der Waals surface area contributed by atoms with Crippen LogP contribution in [0.4, 0.5) is 0 Å². The summed E-state index contributed by atoms with van der Waals surface area (Å²) in [6.45, 7) is 1.71. The molecule has 0 N–H and O–H groups in total. The van der Waals surface area contributed by atoms with E-state index in [1.807, 2.05) is 0 Å². The zero-order chi connectivity index (χ0) is 7.84. The summed E-state index contributed by atoms with van der Waals surface area (Å²) in [6, 6.07) is 0. The van der Waals surface area contributed by atoms with Crippen LogP contribution in [-0.2, 0) is 4.79 Å². The molecule has 1 unspecified atom stereocenters. The van der Waals surface area contributed by atoms with Crippen molar-refractivity contribution in [2.24, 2.45) is 5.92 Å². The largest absolute Gasteiger partial charge is 0.295 e. The zero-order valence-electron chi connectivity index (χ0n) is 7.02. The molecule has 0 bridgehead atoms. The Kier molecular flexibility index (Phi) is 1.59. The van der Waals surface area contributed by atoms with Crippen molar-refractivity contribution in [1.82, 2.24) is 0 Å². The number of Topliss-reactive ketones (excluding diaryl/α,β-unsaturated/α-hetero) is 1. The van der Waals surface area contributed by atoms with Crippen LogP contribution in [0, 0.1) is 5.92 Å². The molecule has 1 heteroatoms. The number of hydrogen-bond acceptors (Lipinski definition) is 1. The van der Waals surface area contributed by atoms with E-state index in [-0.39, 0.29) is 0 Å². The van der Waals surface area contributed by atoms with Gasteiger partial charge in [-0.1, -0.05) is 5.57 Å². The van der Waals surface area contributed by atoms with Gasteiger partial charge in [0.2, 0.25) is 0 Å². The minimum absolute atomic E-state index is 0.324. The molecule has 1 saturated carbocycles. The summed E-state index contributed by atoms with van der Waals surface area (Å²) in [4.78, 5) is 11.1. The van der Waals surface area contributed by atoms with Gasteiger partial charge in [0.25, 0.3) is 0 Å². The second-order valence-corrected chi connectivity index (χ2v) is 3.69. The van der Waals surface area contributed by atoms with E-state index in [1.54, 1.807) is 6.92 Å². The Balaban J connectivity index is 2.30. The maximum absolute atomic E-state index is 11.1. The minimum Gasteiger partial charge on any atom is -0.295 e. The summed E-state index contributed by atoms with van der Waals surface area (Å²) in [6.07, 6.45) is 6.18. The van der Waals surface area contributed by atoms with Gasteiger partial charge >= 0.3 is 0 Å². The lowest BCUT2D eigenvalue weighted by atomic mass is 10.0. The Morgan fingerprint density at radius 2 is 2.18 bits per heavy atom. The van der Waals surface area contributed by atoms with Gasteiger partial charge in [-0.05, 0) is 50.5 Å².